The van der Waals surface area contributed by atoms with Gasteiger partial charge in [-0.1, -0.05) is 20.3 Å². The molecule has 0 aromatic carbocycles. The standard InChI is InChI=1S/C12H26N2/c1-12(2)7-5-6-11(12)10-13-8-9-14(3)4/h11,13H,5-10H2,1-4H3. The van der Waals surface area contributed by atoms with Gasteiger partial charge in [0, 0.05) is 13.1 Å². The summed E-state index contributed by atoms with van der Waals surface area (Å²) in [6.45, 7) is 8.31. The molecule has 2 nitrogen and oxygen atoms in total. The van der Waals surface area contributed by atoms with Gasteiger partial charge in [0.25, 0.3) is 0 Å². The van der Waals surface area contributed by atoms with Gasteiger partial charge in [-0.25, -0.2) is 0 Å². The van der Waals surface area contributed by atoms with Gasteiger partial charge in [0.05, 0.1) is 0 Å². The van der Waals surface area contributed by atoms with Crippen molar-refractivity contribution in [1.29, 1.82) is 0 Å². The van der Waals surface area contributed by atoms with Gasteiger partial charge in [0.15, 0.2) is 0 Å². The molecule has 0 aliphatic heterocycles. The summed E-state index contributed by atoms with van der Waals surface area (Å²) in [4.78, 5) is 2.23. The third-order valence-corrected chi connectivity index (χ3v) is 3.61. The van der Waals surface area contributed by atoms with Crippen LogP contribution in [0.1, 0.15) is 33.1 Å². The summed E-state index contributed by atoms with van der Waals surface area (Å²) in [5.74, 6) is 0.893. The lowest BCUT2D eigenvalue weighted by Crippen LogP contribution is -2.33. The molecule has 0 amide bonds. The minimum atomic E-state index is 0.575. The van der Waals surface area contributed by atoms with Crippen molar-refractivity contribution in [2.75, 3.05) is 33.7 Å². The van der Waals surface area contributed by atoms with Crippen molar-refractivity contribution in [2.24, 2.45) is 11.3 Å². The predicted octanol–water partition coefficient (Wildman–Crippen LogP) is 1.96. The number of hydrogen-bond acceptors (Lipinski definition) is 2. The highest BCUT2D eigenvalue weighted by Gasteiger charge is 2.33. The first-order valence-electron chi connectivity index (χ1n) is 5.88. The molecule has 1 atom stereocenters. The third-order valence-electron chi connectivity index (χ3n) is 3.61. The van der Waals surface area contributed by atoms with Gasteiger partial charge < -0.3 is 10.2 Å². The van der Waals surface area contributed by atoms with E-state index in [2.05, 4.69) is 38.2 Å². The van der Waals surface area contributed by atoms with Gasteiger partial charge in [-0.05, 0) is 44.8 Å². The van der Waals surface area contributed by atoms with Crippen LogP contribution in [0.4, 0.5) is 0 Å². The third kappa shape index (κ3) is 3.58. The lowest BCUT2D eigenvalue weighted by molar-refractivity contribution is 0.249. The monoisotopic (exact) mass is 198 g/mol. The molecule has 2 heteroatoms. The minimum absolute atomic E-state index is 0.575. The van der Waals surface area contributed by atoms with Crippen LogP contribution in [0.25, 0.3) is 0 Å². The van der Waals surface area contributed by atoms with E-state index >= 15 is 0 Å². The molecule has 1 rings (SSSR count). The van der Waals surface area contributed by atoms with E-state index in [0.29, 0.717) is 5.41 Å². The van der Waals surface area contributed by atoms with Crippen LogP contribution in [0.15, 0.2) is 0 Å². The topological polar surface area (TPSA) is 15.3 Å². The molecule has 1 unspecified atom stereocenters. The van der Waals surface area contributed by atoms with E-state index < -0.39 is 0 Å². The summed E-state index contributed by atoms with van der Waals surface area (Å²) >= 11 is 0. The Bertz CT molecular complexity index is 164. The SMILES string of the molecule is CN(C)CCNCC1CCCC1(C)C. The molecule has 1 saturated carbocycles. The normalized spacial score (nSPS) is 25.9. The van der Waals surface area contributed by atoms with E-state index in [0.717, 1.165) is 19.0 Å². The molecule has 1 N–H and O–H groups in total. The van der Waals surface area contributed by atoms with Crippen LogP contribution >= 0.6 is 0 Å². The van der Waals surface area contributed by atoms with Crippen molar-refractivity contribution >= 4 is 0 Å². The molecule has 14 heavy (non-hydrogen) atoms. The molecule has 1 aliphatic rings. The zero-order chi connectivity index (χ0) is 10.6. The highest BCUT2D eigenvalue weighted by Crippen LogP contribution is 2.41. The molecule has 0 saturated heterocycles. The molecule has 0 aromatic heterocycles. The van der Waals surface area contributed by atoms with Crippen LogP contribution < -0.4 is 5.32 Å². The summed E-state index contributed by atoms with van der Waals surface area (Å²) in [5, 5.41) is 3.57. The van der Waals surface area contributed by atoms with Crippen LogP contribution in [0.2, 0.25) is 0 Å². The lowest BCUT2D eigenvalue weighted by atomic mass is 9.82. The number of nitrogens with one attached hydrogen (secondary N) is 1. The maximum Gasteiger partial charge on any atom is 0.0101 e. The maximum atomic E-state index is 3.57. The summed E-state index contributed by atoms with van der Waals surface area (Å²) < 4.78 is 0. The summed E-state index contributed by atoms with van der Waals surface area (Å²) in [6, 6.07) is 0. The Labute approximate surface area is 89.1 Å². The Morgan fingerprint density at radius 3 is 2.57 bits per heavy atom. The Hall–Kier alpha value is -0.0800. The Kier molecular flexibility index (Phi) is 4.39. The molecule has 1 aliphatic carbocycles. The highest BCUT2D eigenvalue weighted by atomic mass is 15.1. The number of likely N-dealkylation sites (N-methyl/N-ethyl adjacent to an activating group) is 1. The molecule has 1 fully saturated rings. The average Bonchev–Trinajstić information content (AvgIpc) is 2.39. The lowest BCUT2D eigenvalue weighted by Gasteiger charge is -2.27. The molecule has 84 valence electrons. The second-order valence-electron chi connectivity index (χ2n) is 5.59. The zero-order valence-electron chi connectivity index (χ0n) is 10.3. The first kappa shape index (κ1) is 12.0. The van der Waals surface area contributed by atoms with E-state index in [1.807, 2.05) is 0 Å². The second-order valence-corrected chi connectivity index (χ2v) is 5.59. The van der Waals surface area contributed by atoms with Gasteiger partial charge >= 0.3 is 0 Å². The molecule has 0 bridgehead atoms. The maximum absolute atomic E-state index is 3.57. The first-order chi connectivity index (χ1) is 6.52. The van der Waals surface area contributed by atoms with Crippen LogP contribution in [0, 0.1) is 11.3 Å². The molecular formula is C12H26N2. The zero-order valence-corrected chi connectivity index (χ0v) is 10.3. The summed E-state index contributed by atoms with van der Waals surface area (Å²) in [5.41, 5.74) is 0.575. The summed E-state index contributed by atoms with van der Waals surface area (Å²) in [7, 11) is 4.25. The van der Waals surface area contributed by atoms with Crippen LogP contribution in [0.5, 0.6) is 0 Å². The quantitative estimate of drug-likeness (QED) is 0.679. The van der Waals surface area contributed by atoms with E-state index in [9.17, 15) is 0 Å². The Morgan fingerprint density at radius 2 is 2.07 bits per heavy atom. The van der Waals surface area contributed by atoms with Crippen molar-refractivity contribution in [3.8, 4) is 0 Å². The second kappa shape index (κ2) is 5.13. The van der Waals surface area contributed by atoms with E-state index in [-0.39, 0.29) is 0 Å². The van der Waals surface area contributed by atoms with E-state index in [1.54, 1.807) is 0 Å². The fourth-order valence-corrected chi connectivity index (χ4v) is 2.36. The van der Waals surface area contributed by atoms with Gasteiger partial charge in [-0.2, -0.15) is 0 Å². The summed E-state index contributed by atoms with van der Waals surface area (Å²) in [6.07, 6.45) is 4.25. The van der Waals surface area contributed by atoms with Crippen molar-refractivity contribution in [1.82, 2.24) is 10.2 Å². The minimum Gasteiger partial charge on any atom is -0.315 e. The molecule has 0 spiro atoms. The van der Waals surface area contributed by atoms with E-state index in [1.165, 1.54) is 25.8 Å². The molecule has 0 heterocycles. The fourth-order valence-electron chi connectivity index (χ4n) is 2.36. The van der Waals surface area contributed by atoms with Crippen molar-refractivity contribution in [3.63, 3.8) is 0 Å². The smallest absolute Gasteiger partial charge is 0.0101 e. The number of rotatable bonds is 5. The van der Waals surface area contributed by atoms with Gasteiger partial charge in [0.1, 0.15) is 0 Å². The highest BCUT2D eigenvalue weighted by molar-refractivity contribution is 4.85. The van der Waals surface area contributed by atoms with Crippen molar-refractivity contribution in [3.05, 3.63) is 0 Å². The molecular weight excluding hydrogens is 172 g/mol. The predicted molar refractivity (Wildman–Crippen MR) is 62.5 cm³/mol. The Morgan fingerprint density at radius 1 is 1.36 bits per heavy atom. The van der Waals surface area contributed by atoms with Gasteiger partial charge in [0.2, 0.25) is 0 Å². The van der Waals surface area contributed by atoms with Gasteiger partial charge in [-0.3, -0.25) is 0 Å². The van der Waals surface area contributed by atoms with E-state index in [4.69, 9.17) is 0 Å². The number of nitrogens with zero attached hydrogens (tertiary/aromatic N) is 1. The largest absolute Gasteiger partial charge is 0.315 e. The molecule has 0 radical (unpaired) electrons. The Balaban J connectivity index is 2.12. The van der Waals surface area contributed by atoms with Crippen LogP contribution in [-0.4, -0.2) is 38.6 Å². The van der Waals surface area contributed by atoms with Crippen LogP contribution in [0.3, 0.4) is 0 Å². The first-order valence-corrected chi connectivity index (χ1v) is 5.88. The van der Waals surface area contributed by atoms with Crippen molar-refractivity contribution in [2.45, 2.75) is 33.1 Å². The molecule has 0 aromatic rings. The average molecular weight is 198 g/mol. The fraction of sp³-hybridized carbons (Fsp3) is 1.00. The van der Waals surface area contributed by atoms with Crippen LogP contribution in [-0.2, 0) is 0 Å². The van der Waals surface area contributed by atoms with Crippen molar-refractivity contribution < 1.29 is 0 Å². The number of hydrogen-bond donors (Lipinski definition) is 1. The van der Waals surface area contributed by atoms with Gasteiger partial charge in [-0.15, -0.1) is 0 Å².